The molecule has 2 aromatic rings. The van der Waals surface area contributed by atoms with Crippen molar-refractivity contribution in [3.05, 3.63) is 59.4 Å². The second-order valence-corrected chi connectivity index (χ2v) is 6.17. The largest absolute Gasteiger partial charge is 0.416 e. The van der Waals surface area contributed by atoms with Gasteiger partial charge in [-0.25, -0.2) is 9.18 Å². The number of urea groups is 1. The number of benzene rings is 2. The molecule has 0 bridgehead atoms. The molecular formula is C19H16F5N3O2. The maximum Gasteiger partial charge on any atom is 0.416 e. The van der Waals surface area contributed by atoms with E-state index in [2.05, 4.69) is 15.6 Å². The van der Waals surface area contributed by atoms with Crippen molar-refractivity contribution in [1.29, 1.82) is 5.26 Å². The molecule has 2 aromatic carbocycles. The first-order chi connectivity index (χ1) is 13.7. The highest BCUT2D eigenvalue weighted by Gasteiger charge is 2.30. The van der Waals surface area contributed by atoms with Gasteiger partial charge in [0.2, 0.25) is 0 Å². The molecule has 1 fully saturated rings. The molecule has 0 aromatic heterocycles. The predicted molar refractivity (Wildman–Crippen MR) is 94.1 cm³/mol. The summed E-state index contributed by atoms with van der Waals surface area (Å²) < 4.78 is 60.1. The van der Waals surface area contributed by atoms with Gasteiger partial charge in [0.25, 0.3) is 0 Å². The van der Waals surface area contributed by atoms with E-state index in [0.717, 1.165) is 49.6 Å². The molecule has 5 nitrogen and oxygen atoms in total. The average Bonchev–Trinajstić information content (AvgIpc) is 2.64. The number of nitriles is 1. The van der Waals surface area contributed by atoms with E-state index < -0.39 is 17.6 Å². The molecule has 1 aliphatic rings. The average molecular weight is 413 g/mol. The summed E-state index contributed by atoms with van der Waals surface area (Å²) in [6, 6.07) is 8.73. The quantitative estimate of drug-likeness (QED) is 0.667. The Morgan fingerprint density at radius 3 is 2.28 bits per heavy atom. The second kappa shape index (κ2) is 9.73. The monoisotopic (exact) mass is 413 g/mol. The first-order valence-electron chi connectivity index (χ1n) is 8.45. The van der Waals surface area contributed by atoms with Crippen molar-refractivity contribution >= 4 is 11.7 Å². The Morgan fingerprint density at radius 1 is 1.14 bits per heavy atom. The normalized spacial score (nSPS) is 13.2. The Bertz CT molecular complexity index is 875. The molecular weight excluding hydrogens is 397 g/mol. The van der Waals surface area contributed by atoms with Crippen LogP contribution < -0.4 is 15.6 Å². The molecule has 2 amide bonds. The predicted octanol–water partition coefficient (Wildman–Crippen LogP) is 5.34. The number of carbonyl (C=O) groups is 1. The van der Waals surface area contributed by atoms with Gasteiger partial charge in [-0.3, -0.25) is 4.94 Å². The van der Waals surface area contributed by atoms with Gasteiger partial charge >= 0.3 is 12.2 Å². The first-order valence-corrected chi connectivity index (χ1v) is 8.45. The summed E-state index contributed by atoms with van der Waals surface area (Å²) in [6.45, 7) is 0. The van der Waals surface area contributed by atoms with Gasteiger partial charge in [-0.1, -0.05) is 0 Å². The van der Waals surface area contributed by atoms with Crippen LogP contribution >= 0.6 is 0 Å². The van der Waals surface area contributed by atoms with Crippen LogP contribution in [0.3, 0.4) is 0 Å². The van der Waals surface area contributed by atoms with E-state index in [9.17, 15) is 26.9 Å². The van der Waals surface area contributed by atoms with Crippen molar-refractivity contribution in [3.63, 3.8) is 0 Å². The third-order valence-electron chi connectivity index (χ3n) is 4.00. The highest BCUT2D eigenvalue weighted by molar-refractivity contribution is 5.89. The summed E-state index contributed by atoms with van der Waals surface area (Å²) in [5.74, 6) is -0.786. The Balaban J connectivity index is 0.000000221. The summed E-state index contributed by atoms with van der Waals surface area (Å²) in [4.78, 5) is 14.7. The number of carbonyl (C=O) groups excluding carboxylic acids is 1. The van der Waals surface area contributed by atoms with Crippen molar-refractivity contribution in [2.24, 2.45) is 0 Å². The Labute approximate surface area is 163 Å². The first kappa shape index (κ1) is 21.9. The minimum Gasteiger partial charge on any atom is -0.335 e. The number of anilines is 1. The summed E-state index contributed by atoms with van der Waals surface area (Å²) >= 11 is 0. The topological polar surface area (TPSA) is 74.1 Å². The van der Waals surface area contributed by atoms with E-state index in [0.29, 0.717) is 5.69 Å². The molecule has 1 saturated carbocycles. The van der Waals surface area contributed by atoms with Gasteiger partial charge in [0.05, 0.1) is 17.2 Å². The number of nitrogens with one attached hydrogen (secondary N) is 2. The van der Waals surface area contributed by atoms with Crippen LogP contribution in [0.25, 0.3) is 0 Å². The highest BCUT2D eigenvalue weighted by Crippen LogP contribution is 2.30. The van der Waals surface area contributed by atoms with Crippen LogP contribution in [-0.2, 0) is 6.18 Å². The van der Waals surface area contributed by atoms with Crippen LogP contribution in [0.2, 0.25) is 0 Å². The number of alkyl halides is 3. The van der Waals surface area contributed by atoms with E-state index >= 15 is 0 Å². The van der Waals surface area contributed by atoms with Crippen molar-refractivity contribution in [2.45, 2.75) is 31.5 Å². The van der Waals surface area contributed by atoms with Crippen LogP contribution in [0, 0.1) is 17.1 Å². The number of hydrogen-bond donors (Lipinski definition) is 2. The van der Waals surface area contributed by atoms with Gasteiger partial charge in [0.1, 0.15) is 5.82 Å². The maximum atomic E-state index is 13.1. The van der Waals surface area contributed by atoms with Crippen molar-refractivity contribution in [2.75, 3.05) is 5.32 Å². The third kappa shape index (κ3) is 6.95. The Hall–Kier alpha value is -3.35. The molecule has 1 aliphatic carbocycles. The number of rotatable bonds is 3. The minimum absolute atomic E-state index is 0.184. The number of hydrogen-bond acceptors (Lipinski definition) is 3. The van der Waals surface area contributed by atoms with Gasteiger partial charge < -0.3 is 10.6 Å². The molecule has 0 unspecified atom stereocenters. The fourth-order valence-electron chi connectivity index (χ4n) is 2.33. The van der Waals surface area contributed by atoms with Crippen molar-refractivity contribution < 1.29 is 31.8 Å². The molecule has 0 atom stereocenters. The van der Waals surface area contributed by atoms with Crippen LogP contribution in [-0.4, -0.2) is 12.1 Å². The zero-order valence-corrected chi connectivity index (χ0v) is 14.9. The molecule has 29 heavy (non-hydrogen) atoms. The molecule has 0 heterocycles. The number of nitrogens with zero attached hydrogens (tertiary/aromatic N) is 1. The molecule has 0 aliphatic heterocycles. The van der Waals surface area contributed by atoms with E-state index in [1.54, 1.807) is 0 Å². The van der Waals surface area contributed by atoms with E-state index in [-0.39, 0.29) is 23.4 Å². The lowest BCUT2D eigenvalue weighted by atomic mass is 9.93. The standard InChI is InChI=1S/C12H12FN3O.C7H4F4O/c13-9-4-8(7-14)5-11(6-9)16-12(17)15-10-2-1-3-10;8-7(9,10)5-1-3-6(12-11)4-2-5/h4-6,10H,1-3H2,(H2,15,16,17);1-4H. The summed E-state index contributed by atoms with van der Waals surface area (Å²) in [5.41, 5.74) is -0.356. The van der Waals surface area contributed by atoms with E-state index in [1.807, 2.05) is 6.07 Å². The highest BCUT2D eigenvalue weighted by atomic mass is 19.4. The van der Waals surface area contributed by atoms with Gasteiger partial charge in [-0.05, 0) is 61.7 Å². The van der Waals surface area contributed by atoms with Crippen LogP contribution in [0.1, 0.15) is 30.4 Å². The fourth-order valence-corrected chi connectivity index (χ4v) is 2.33. The minimum atomic E-state index is -4.39. The van der Waals surface area contributed by atoms with Gasteiger partial charge in [0, 0.05) is 16.3 Å². The number of amides is 2. The third-order valence-corrected chi connectivity index (χ3v) is 4.00. The van der Waals surface area contributed by atoms with Gasteiger partial charge in [0.15, 0.2) is 5.75 Å². The zero-order valence-electron chi connectivity index (χ0n) is 14.9. The lowest BCUT2D eigenvalue weighted by Gasteiger charge is -2.26. The lowest BCUT2D eigenvalue weighted by molar-refractivity contribution is -0.137. The maximum absolute atomic E-state index is 13.1. The molecule has 0 spiro atoms. The van der Waals surface area contributed by atoms with Crippen LogP contribution in [0.15, 0.2) is 42.5 Å². The van der Waals surface area contributed by atoms with Gasteiger partial charge in [-0.15, -0.1) is 0 Å². The Kier molecular flexibility index (Phi) is 7.36. The molecule has 0 radical (unpaired) electrons. The SMILES string of the molecule is FOc1ccc(C(F)(F)F)cc1.N#Cc1cc(F)cc(NC(=O)NC2CCC2)c1. The molecule has 0 saturated heterocycles. The second-order valence-electron chi connectivity index (χ2n) is 6.17. The molecule has 10 heteroatoms. The summed E-state index contributed by atoms with van der Waals surface area (Å²) in [5, 5.41) is 14.0. The van der Waals surface area contributed by atoms with Crippen molar-refractivity contribution in [1.82, 2.24) is 5.32 Å². The zero-order chi connectivity index (χ0) is 21.4. The molecule has 2 N–H and O–H groups in total. The number of halogens is 5. The van der Waals surface area contributed by atoms with Gasteiger partial charge in [-0.2, -0.15) is 18.4 Å². The smallest absolute Gasteiger partial charge is 0.335 e. The summed E-state index contributed by atoms with van der Waals surface area (Å²) in [6.07, 6.45) is -1.29. The Morgan fingerprint density at radius 2 is 1.79 bits per heavy atom. The van der Waals surface area contributed by atoms with E-state index in [1.165, 1.54) is 12.1 Å². The van der Waals surface area contributed by atoms with Crippen LogP contribution in [0.5, 0.6) is 5.75 Å². The van der Waals surface area contributed by atoms with Crippen molar-refractivity contribution in [3.8, 4) is 11.8 Å². The fraction of sp³-hybridized carbons (Fsp3) is 0.263. The molecule has 3 rings (SSSR count). The molecule has 154 valence electrons. The van der Waals surface area contributed by atoms with E-state index in [4.69, 9.17) is 5.26 Å². The van der Waals surface area contributed by atoms with Crippen LogP contribution in [0.4, 0.5) is 32.6 Å². The summed E-state index contributed by atoms with van der Waals surface area (Å²) in [7, 11) is 0. The lowest BCUT2D eigenvalue weighted by Crippen LogP contribution is -2.41.